The third-order valence-corrected chi connectivity index (χ3v) is 6.56. The molecule has 0 aliphatic carbocycles. The number of carbonyl (C=O) groups is 1. The molecule has 1 N–H and O–H groups in total. The summed E-state index contributed by atoms with van der Waals surface area (Å²) in [5.41, 5.74) is 1.09. The third kappa shape index (κ3) is 4.10. The van der Waals surface area contributed by atoms with Gasteiger partial charge in [-0.1, -0.05) is 6.42 Å². The van der Waals surface area contributed by atoms with Crippen molar-refractivity contribution in [3.8, 4) is 0 Å². The highest BCUT2D eigenvalue weighted by Gasteiger charge is 2.27. The second-order valence-corrected chi connectivity index (χ2v) is 8.58. The minimum absolute atomic E-state index is 0.0911. The molecule has 2 unspecified atom stereocenters. The fraction of sp³-hybridized carbons (Fsp3) is 0.682. The maximum absolute atomic E-state index is 13.1. The molecule has 2 aromatic heterocycles. The standard InChI is InChI=1S/C22H33N5O2/c1-15-8-7-9-16(2)27(15)13-10-23-21(28)18-17(3)29-22-19(18)20(24-14-25-22)26-11-5-4-6-12-26/h14-16H,4-13H2,1-3H3,(H,23,28). The predicted molar refractivity (Wildman–Crippen MR) is 114 cm³/mol. The lowest BCUT2D eigenvalue weighted by atomic mass is 9.98. The van der Waals surface area contributed by atoms with Gasteiger partial charge in [0.25, 0.3) is 5.91 Å². The average Bonchev–Trinajstić information content (AvgIpc) is 3.06. The van der Waals surface area contributed by atoms with Crippen LogP contribution in [0.1, 0.15) is 68.5 Å². The van der Waals surface area contributed by atoms with Crippen molar-refractivity contribution in [2.45, 2.75) is 71.4 Å². The summed E-state index contributed by atoms with van der Waals surface area (Å²) < 4.78 is 5.83. The SMILES string of the molecule is Cc1oc2ncnc(N3CCCCC3)c2c1C(=O)NCCN1C(C)CCCC1C. The van der Waals surface area contributed by atoms with E-state index < -0.39 is 0 Å². The van der Waals surface area contributed by atoms with Gasteiger partial charge in [-0.25, -0.2) is 9.97 Å². The highest BCUT2D eigenvalue weighted by molar-refractivity contribution is 6.10. The molecule has 2 atom stereocenters. The molecule has 158 valence electrons. The van der Waals surface area contributed by atoms with Gasteiger partial charge in [-0.3, -0.25) is 9.69 Å². The summed E-state index contributed by atoms with van der Waals surface area (Å²) in [7, 11) is 0. The maximum Gasteiger partial charge on any atom is 0.255 e. The van der Waals surface area contributed by atoms with E-state index in [9.17, 15) is 4.79 Å². The van der Waals surface area contributed by atoms with Crippen molar-refractivity contribution in [1.29, 1.82) is 0 Å². The molecule has 2 aromatic rings. The van der Waals surface area contributed by atoms with E-state index in [4.69, 9.17) is 4.42 Å². The molecule has 0 saturated carbocycles. The van der Waals surface area contributed by atoms with Gasteiger partial charge < -0.3 is 14.6 Å². The smallest absolute Gasteiger partial charge is 0.255 e. The predicted octanol–water partition coefficient (Wildman–Crippen LogP) is 3.51. The van der Waals surface area contributed by atoms with Crippen LogP contribution >= 0.6 is 0 Å². The minimum atomic E-state index is -0.0911. The van der Waals surface area contributed by atoms with Gasteiger partial charge in [0, 0.05) is 38.3 Å². The summed E-state index contributed by atoms with van der Waals surface area (Å²) in [6.45, 7) is 9.83. The molecule has 4 rings (SSSR count). The zero-order valence-electron chi connectivity index (χ0n) is 17.9. The number of furan rings is 1. The second-order valence-electron chi connectivity index (χ2n) is 8.58. The normalized spacial score (nSPS) is 23.5. The van der Waals surface area contributed by atoms with Gasteiger partial charge in [0.1, 0.15) is 17.9 Å². The first-order valence-electron chi connectivity index (χ1n) is 11.1. The Morgan fingerprint density at radius 2 is 1.86 bits per heavy atom. The van der Waals surface area contributed by atoms with Crippen LogP contribution in [-0.2, 0) is 0 Å². The first-order valence-corrected chi connectivity index (χ1v) is 11.1. The van der Waals surface area contributed by atoms with Gasteiger partial charge in [-0.15, -0.1) is 0 Å². The van der Waals surface area contributed by atoms with Crippen molar-refractivity contribution >= 4 is 22.8 Å². The number of hydrogen-bond acceptors (Lipinski definition) is 6. The lowest BCUT2D eigenvalue weighted by molar-refractivity contribution is 0.0889. The number of nitrogens with one attached hydrogen (secondary N) is 1. The molecule has 1 amide bonds. The van der Waals surface area contributed by atoms with Crippen LogP contribution in [0.4, 0.5) is 5.82 Å². The van der Waals surface area contributed by atoms with Gasteiger partial charge in [0.2, 0.25) is 5.71 Å². The highest BCUT2D eigenvalue weighted by Crippen LogP contribution is 2.32. The summed E-state index contributed by atoms with van der Waals surface area (Å²) in [6, 6.07) is 1.15. The van der Waals surface area contributed by atoms with Gasteiger partial charge in [-0.2, -0.15) is 0 Å². The summed E-state index contributed by atoms with van der Waals surface area (Å²) in [6.07, 6.45) is 8.85. The molecule has 0 spiro atoms. The van der Waals surface area contributed by atoms with Crippen LogP contribution in [0.15, 0.2) is 10.7 Å². The number of rotatable bonds is 5. The van der Waals surface area contributed by atoms with E-state index in [1.807, 2.05) is 6.92 Å². The molecule has 0 radical (unpaired) electrons. The summed E-state index contributed by atoms with van der Waals surface area (Å²) >= 11 is 0. The molecule has 2 aliphatic heterocycles. The Bertz CT molecular complexity index is 848. The van der Waals surface area contributed by atoms with Crippen LogP contribution in [0.25, 0.3) is 11.1 Å². The van der Waals surface area contributed by atoms with Crippen LogP contribution in [0, 0.1) is 6.92 Å². The summed E-state index contributed by atoms with van der Waals surface area (Å²) in [5, 5.41) is 3.88. The quantitative estimate of drug-likeness (QED) is 0.829. The Morgan fingerprint density at radius 1 is 1.14 bits per heavy atom. The minimum Gasteiger partial charge on any atom is -0.442 e. The molecular formula is C22H33N5O2. The Hall–Kier alpha value is -2.15. The van der Waals surface area contributed by atoms with Crippen molar-refractivity contribution in [3.05, 3.63) is 17.7 Å². The summed E-state index contributed by atoms with van der Waals surface area (Å²) in [5.74, 6) is 1.34. The fourth-order valence-corrected chi connectivity index (χ4v) is 4.95. The topological polar surface area (TPSA) is 74.5 Å². The molecule has 29 heavy (non-hydrogen) atoms. The van der Waals surface area contributed by atoms with E-state index in [1.165, 1.54) is 32.0 Å². The number of aromatic nitrogens is 2. The monoisotopic (exact) mass is 399 g/mol. The number of nitrogens with zero attached hydrogens (tertiary/aromatic N) is 4. The lowest BCUT2D eigenvalue weighted by Gasteiger charge is -2.39. The van der Waals surface area contributed by atoms with Crippen molar-refractivity contribution in [1.82, 2.24) is 20.2 Å². The molecule has 2 saturated heterocycles. The van der Waals surface area contributed by atoms with Crippen molar-refractivity contribution in [2.24, 2.45) is 0 Å². The number of fused-ring (bicyclic) bond motifs is 1. The van der Waals surface area contributed by atoms with Crippen molar-refractivity contribution in [2.75, 3.05) is 31.1 Å². The van der Waals surface area contributed by atoms with Gasteiger partial charge >= 0.3 is 0 Å². The van der Waals surface area contributed by atoms with E-state index >= 15 is 0 Å². The summed E-state index contributed by atoms with van der Waals surface area (Å²) in [4.78, 5) is 26.7. The van der Waals surface area contributed by atoms with Crippen LogP contribution in [-0.4, -0.2) is 59.0 Å². The molecule has 2 aliphatic rings. The zero-order chi connectivity index (χ0) is 20.4. The number of carbonyl (C=O) groups excluding carboxylic acids is 1. The van der Waals surface area contributed by atoms with Gasteiger partial charge in [-0.05, 0) is 52.9 Å². The van der Waals surface area contributed by atoms with Gasteiger partial charge in [0.15, 0.2) is 0 Å². The largest absolute Gasteiger partial charge is 0.442 e. The molecule has 7 heteroatoms. The van der Waals surface area contributed by atoms with E-state index in [2.05, 4.69) is 38.9 Å². The zero-order valence-corrected chi connectivity index (χ0v) is 17.9. The van der Waals surface area contributed by atoms with Crippen LogP contribution in [0.5, 0.6) is 0 Å². The average molecular weight is 400 g/mol. The third-order valence-electron chi connectivity index (χ3n) is 6.56. The number of hydrogen-bond donors (Lipinski definition) is 1. The Morgan fingerprint density at radius 3 is 2.59 bits per heavy atom. The maximum atomic E-state index is 13.1. The van der Waals surface area contributed by atoms with Gasteiger partial charge in [0.05, 0.1) is 10.9 Å². The van der Waals surface area contributed by atoms with Crippen LogP contribution < -0.4 is 10.2 Å². The second kappa shape index (κ2) is 8.69. The Balaban J connectivity index is 1.52. The number of amides is 1. The van der Waals surface area contributed by atoms with E-state index in [-0.39, 0.29) is 5.91 Å². The number of anilines is 1. The number of piperidine rings is 2. The van der Waals surface area contributed by atoms with Crippen LogP contribution in [0.2, 0.25) is 0 Å². The molecule has 7 nitrogen and oxygen atoms in total. The number of aryl methyl sites for hydroxylation is 1. The first kappa shape index (κ1) is 20.1. The Kier molecular flexibility index (Phi) is 6.04. The Labute approximate surface area is 172 Å². The lowest BCUT2D eigenvalue weighted by Crippen LogP contribution is -2.47. The van der Waals surface area contributed by atoms with E-state index in [0.29, 0.717) is 35.7 Å². The van der Waals surface area contributed by atoms with E-state index in [0.717, 1.165) is 43.7 Å². The number of likely N-dealkylation sites (tertiary alicyclic amines) is 1. The first-order chi connectivity index (χ1) is 14.1. The molecular weight excluding hydrogens is 366 g/mol. The highest BCUT2D eigenvalue weighted by atomic mass is 16.3. The molecule has 2 fully saturated rings. The fourth-order valence-electron chi connectivity index (χ4n) is 4.95. The van der Waals surface area contributed by atoms with E-state index in [1.54, 1.807) is 0 Å². The van der Waals surface area contributed by atoms with Crippen molar-refractivity contribution < 1.29 is 9.21 Å². The molecule has 0 aromatic carbocycles. The molecule has 0 bridgehead atoms. The van der Waals surface area contributed by atoms with Crippen molar-refractivity contribution in [3.63, 3.8) is 0 Å². The molecule has 4 heterocycles. The van der Waals surface area contributed by atoms with Crippen LogP contribution in [0.3, 0.4) is 0 Å².